The topological polar surface area (TPSA) is 93.9 Å². The molecule has 0 aliphatic carbocycles. The predicted octanol–water partition coefficient (Wildman–Crippen LogP) is 4.41. The van der Waals surface area contributed by atoms with Crippen molar-refractivity contribution in [3.05, 3.63) is 88.3 Å². The molecule has 2 heterocycles. The van der Waals surface area contributed by atoms with Gasteiger partial charge in [0.25, 0.3) is 0 Å². The van der Waals surface area contributed by atoms with Crippen LogP contribution >= 0.6 is 0 Å². The Bertz CT molecular complexity index is 1550. The molecule has 180 valence electrons. The number of fused-ring (bicyclic) bond motifs is 3. The molecule has 1 aromatic heterocycles. The molecule has 1 aliphatic heterocycles. The van der Waals surface area contributed by atoms with Crippen LogP contribution in [0.1, 0.15) is 30.4 Å². The molecule has 3 aromatic carbocycles. The minimum Gasteiger partial charge on any atom is -0.461 e. The first-order valence-electron chi connectivity index (χ1n) is 11.6. The number of hydrogen-bond acceptors (Lipinski definition) is 6. The second kappa shape index (κ2) is 9.64. The Morgan fingerprint density at radius 3 is 2.49 bits per heavy atom. The molecule has 0 bridgehead atoms. The van der Waals surface area contributed by atoms with Gasteiger partial charge in [0.2, 0.25) is 10.0 Å². The van der Waals surface area contributed by atoms with Gasteiger partial charge >= 0.3 is 11.6 Å². The van der Waals surface area contributed by atoms with Crippen molar-refractivity contribution in [3.8, 4) is 0 Å². The van der Waals surface area contributed by atoms with Crippen molar-refractivity contribution in [2.75, 3.05) is 13.1 Å². The maximum atomic E-state index is 12.7. The number of rotatable bonds is 7. The average Bonchev–Trinajstić information content (AvgIpc) is 3.42. The van der Waals surface area contributed by atoms with Gasteiger partial charge in [-0.1, -0.05) is 42.5 Å². The van der Waals surface area contributed by atoms with E-state index in [2.05, 4.69) is 0 Å². The molecule has 0 amide bonds. The van der Waals surface area contributed by atoms with Crippen LogP contribution in [0.4, 0.5) is 0 Å². The number of aryl methyl sites for hydroxylation is 1. The van der Waals surface area contributed by atoms with Gasteiger partial charge in [0.1, 0.15) is 12.2 Å². The van der Waals surface area contributed by atoms with Gasteiger partial charge in [0.05, 0.1) is 4.90 Å². The van der Waals surface area contributed by atoms with E-state index in [9.17, 15) is 18.0 Å². The molecule has 0 unspecified atom stereocenters. The van der Waals surface area contributed by atoms with E-state index in [-0.39, 0.29) is 17.9 Å². The molecule has 35 heavy (non-hydrogen) atoms. The largest absolute Gasteiger partial charge is 0.461 e. The Morgan fingerprint density at radius 1 is 0.971 bits per heavy atom. The molecule has 5 rings (SSSR count). The van der Waals surface area contributed by atoms with Crippen LogP contribution in [0.15, 0.2) is 80.8 Å². The lowest BCUT2D eigenvalue weighted by Crippen LogP contribution is -2.27. The summed E-state index contributed by atoms with van der Waals surface area (Å²) in [6.07, 6.45) is 2.33. The summed E-state index contributed by atoms with van der Waals surface area (Å²) < 4.78 is 37.6. The number of sulfonamides is 1. The van der Waals surface area contributed by atoms with Gasteiger partial charge in [0.15, 0.2) is 0 Å². The third-order valence-corrected chi connectivity index (χ3v) is 8.26. The summed E-state index contributed by atoms with van der Waals surface area (Å²) in [6, 6.07) is 19.4. The Balaban J connectivity index is 1.25. The van der Waals surface area contributed by atoms with E-state index in [1.165, 1.54) is 10.4 Å². The molecule has 0 N–H and O–H groups in total. The highest BCUT2D eigenvalue weighted by Crippen LogP contribution is 2.28. The maximum Gasteiger partial charge on any atom is 0.336 e. The van der Waals surface area contributed by atoms with Crippen molar-refractivity contribution in [2.24, 2.45) is 0 Å². The summed E-state index contributed by atoms with van der Waals surface area (Å²) in [5, 5.41) is 2.67. The molecule has 7 nitrogen and oxygen atoms in total. The highest BCUT2D eigenvalue weighted by molar-refractivity contribution is 7.89. The van der Waals surface area contributed by atoms with Crippen molar-refractivity contribution in [1.29, 1.82) is 0 Å². The smallest absolute Gasteiger partial charge is 0.336 e. The van der Waals surface area contributed by atoms with Crippen molar-refractivity contribution < 1.29 is 22.4 Å². The van der Waals surface area contributed by atoms with Gasteiger partial charge < -0.3 is 9.15 Å². The Hall–Kier alpha value is -3.49. The van der Waals surface area contributed by atoms with E-state index in [4.69, 9.17) is 9.15 Å². The van der Waals surface area contributed by atoms with Crippen LogP contribution in [0.5, 0.6) is 0 Å². The SMILES string of the molecule is O=C(CCc1ccc(S(=O)(=O)N2CCCC2)cc1)OCc1cc(=O)oc2ccc3ccccc3c12. The third-order valence-electron chi connectivity index (χ3n) is 6.35. The van der Waals surface area contributed by atoms with Crippen LogP contribution in [-0.4, -0.2) is 31.8 Å². The van der Waals surface area contributed by atoms with E-state index < -0.39 is 21.6 Å². The van der Waals surface area contributed by atoms with Gasteiger partial charge in [-0.05, 0) is 53.8 Å². The van der Waals surface area contributed by atoms with Crippen LogP contribution in [0.3, 0.4) is 0 Å². The molecule has 0 spiro atoms. The van der Waals surface area contributed by atoms with Crippen LogP contribution in [0, 0.1) is 0 Å². The summed E-state index contributed by atoms with van der Waals surface area (Å²) in [6.45, 7) is 1.08. The lowest BCUT2D eigenvalue weighted by molar-refractivity contribution is -0.144. The van der Waals surface area contributed by atoms with E-state index >= 15 is 0 Å². The van der Waals surface area contributed by atoms with Crippen LogP contribution in [0.25, 0.3) is 21.7 Å². The number of hydrogen-bond donors (Lipinski definition) is 0. The monoisotopic (exact) mass is 491 g/mol. The minimum absolute atomic E-state index is 0.0397. The normalized spacial score (nSPS) is 14.5. The molecular weight excluding hydrogens is 466 g/mol. The van der Waals surface area contributed by atoms with Gasteiger partial charge in [-0.25, -0.2) is 13.2 Å². The zero-order valence-electron chi connectivity index (χ0n) is 19.1. The number of nitrogens with zero attached hydrogens (tertiary/aromatic N) is 1. The van der Waals surface area contributed by atoms with E-state index in [0.717, 1.165) is 34.6 Å². The molecule has 0 saturated carbocycles. The van der Waals surface area contributed by atoms with Crippen LogP contribution in [0.2, 0.25) is 0 Å². The van der Waals surface area contributed by atoms with Crippen LogP contribution < -0.4 is 5.63 Å². The van der Waals surface area contributed by atoms with Gasteiger partial charge in [0, 0.05) is 36.5 Å². The van der Waals surface area contributed by atoms with E-state index in [1.54, 1.807) is 30.3 Å². The fourth-order valence-corrected chi connectivity index (χ4v) is 6.03. The van der Waals surface area contributed by atoms with Crippen molar-refractivity contribution >= 4 is 37.7 Å². The van der Waals surface area contributed by atoms with Crippen molar-refractivity contribution in [1.82, 2.24) is 4.31 Å². The summed E-state index contributed by atoms with van der Waals surface area (Å²) in [5.74, 6) is -0.402. The third kappa shape index (κ3) is 4.85. The Morgan fingerprint density at radius 2 is 1.71 bits per heavy atom. The summed E-state index contributed by atoms with van der Waals surface area (Å²) in [4.78, 5) is 24.7. The number of ether oxygens (including phenoxy) is 1. The van der Waals surface area contributed by atoms with Crippen LogP contribution in [-0.2, 0) is 32.6 Å². The zero-order valence-corrected chi connectivity index (χ0v) is 19.9. The second-order valence-corrected chi connectivity index (χ2v) is 10.6. The number of carbonyl (C=O) groups is 1. The highest BCUT2D eigenvalue weighted by atomic mass is 32.2. The summed E-state index contributed by atoms with van der Waals surface area (Å²) in [7, 11) is -3.45. The standard InChI is InChI=1S/C27H25NO6S/c29-25(14-9-19-7-11-22(12-8-19)35(31,32)28-15-3-4-16-28)33-18-21-17-26(30)34-24-13-10-20-5-1-2-6-23(20)27(21)24/h1-2,5-8,10-13,17H,3-4,9,14-16,18H2. The maximum absolute atomic E-state index is 12.7. The second-order valence-electron chi connectivity index (χ2n) is 8.67. The van der Waals surface area contributed by atoms with Gasteiger partial charge in [-0.3, -0.25) is 4.79 Å². The predicted molar refractivity (Wildman–Crippen MR) is 133 cm³/mol. The number of esters is 1. The van der Waals surface area contributed by atoms with Crippen molar-refractivity contribution in [2.45, 2.75) is 37.2 Å². The summed E-state index contributed by atoms with van der Waals surface area (Å²) >= 11 is 0. The Kier molecular flexibility index (Phi) is 6.40. The fraction of sp³-hybridized carbons (Fsp3) is 0.259. The number of benzene rings is 3. The van der Waals surface area contributed by atoms with Crippen molar-refractivity contribution in [3.63, 3.8) is 0 Å². The molecule has 8 heteroatoms. The first-order valence-corrected chi connectivity index (χ1v) is 13.0. The minimum atomic E-state index is -3.45. The molecule has 4 aromatic rings. The quantitative estimate of drug-likeness (QED) is 0.216. The molecule has 1 fully saturated rings. The molecule has 0 radical (unpaired) electrons. The summed E-state index contributed by atoms with van der Waals surface area (Å²) in [5.41, 5.74) is 1.39. The lowest BCUT2D eigenvalue weighted by Gasteiger charge is -2.15. The van der Waals surface area contributed by atoms with E-state index in [1.807, 2.05) is 30.3 Å². The lowest BCUT2D eigenvalue weighted by atomic mass is 10.0. The molecule has 0 atom stereocenters. The molecule has 1 aliphatic rings. The zero-order chi connectivity index (χ0) is 24.4. The van der Waals surface area contributed by atoms with Gasteiger partial charge in [-0.2, -0.15) is 4.31 Å². The fourth-order valence-electron chi connectivity index (χ4n) is 4.52. The highest BCUT2D eigenvalue weighted by Gasteiger charge is 2.26. The number of carbonyl (C=O) groups excluding carboxylic acids is 1. The van der Waals surface area contributed by atoms with Gasteiger partial charge in [-0.15, -0.1) is 0 Å². The van der Waals surface area contributed by atoms with E-state index in [0.29, 0.717) is 30.7 Å². The first-order chi connectivity index (χ1) is 16.9. The molecular formula is C27H25NO6S. The average molecular weight is 492 g/mol. The molecule has 1 saturated heterocycles. The first kappa shape index (κ1) is 23.3. The Labute approximate surface area is 203 Å².